The predicted molar refractivity (Wildman–Crippen MR) is 39.5 cm³/mol. The molecule has 0 aromatic rings. The first-order valence-electron chi connectivity index (χ1n) is 2.30. The molecule has 4 N–H and O–H groups in total. The first-order valence-corrected chi connectivity index (χ1v) is 2.30. The van der Waals surface area contributed by atoms with E-state index in [0.29, 0.717) is 0 Å². The fraction of sp³-hybridized carbons (Fsp3) is 0. The maximum absolute atomic E-state index is 9.26. The van der Waals surface area contributed by atoms with Crippen molar-refractivity contribution < 1.29 is 132 Å². The average Bonchev–Trinajstić information content (AvgIpc) is 1.88. The summed E-state index contributed by atoms with van der Waals surface area (Å²) in [5.74, 6) is -6.57. The fourth-order valence-electron chi connectivity index (χ4n) is 0. The summed E-state index contributed by atoms with van der Waals surface area (Å²) in [6.45, 7) is 0. The Morgan fingerprint density at radius 3 is 0.800 bits per heavy atom. The van der Waals surface area contributed by atoms with Crippen LogP contribution in [-0.2, 0) is 19.2 Å². The third-order valence-corrected chi connectivity index (χ3v) is 0.402. The predicted octanol–water partition coefficient (Wildman–Crippen LogP) is -11.5. The third kappa shape index (κ3) is 31.3. The maximum Gasteiger partial charge on any atom is 1.00 e. The smallest absolute Gasteiger partial charge is 0.540 e. The van der Waals surface area contributed by atoms with Gasteiger partial charge in [0.05, 0.1) is 0 Å². The Morgan fingerprint density at radius 2 is 0.800 bits per heavy atom. The molecule has 0 aliphatic carbocycles. The van der Waals surface area contributed by atoms with Crippen LogP contribution in [-0.4, -0.2) is 23.8 Å². The quantitative estimate of drug-likeness (QED) is 0.255. The summed E-state index contributed by atoms with van der Waals surface area (Å²) >= 11 is 0. The van der Waals surface area contributed by atoms with E-state index in [1.54, 1.807) is 0 Å². The van der Waals surface area contributed by atoms with Crippen LogP contribution in [0.15, 0.2) is 0 Å². The Bertz CT molecular complexity index is 187. The minimum atomic E-state index is -1.85. The Balaban J connectivity index is -0.0000000370. The van der Waals surface area contributed by atoms with Crippen LogP contribution in [0.1, 0.15) is 0 Å². The van der Waals surface area contributed by atoms with Crippen LogP contribution in [0.2, 0.25) is 0 Å². The number of primary amides is 2. The molecule has 11 heteroatoms. The van der Waals surface area contributed by atoms with Gasteiger partial charge in [-0.3, -0.25) is 9.59 Å². The number of carbonyl (C=O) groups excluding carboxylic acids is 4. The molecule has 15 heavy (non-hydrogen) atoms. The minimum absolute atomic E-state index is 0. The Morgan fingerprint density at radius 1 is 0.733 bits per heavy atom. The molecular formula is C4H7K2N2O6P. The van der Waals surface area contributed by atoms with Crippen molar-refractivity contribution in [1.29, 1.82) is 0 Å². The molecule has 0 rings (SSSR count). The number of aliphatic carboxylic acids is 2. The summed E-state index contributed by atoms with van der Waals surface area (Å²) in [7, 11) is 0. The molecule has 1 unspecified atom stereocenters. The van der Waals surface area contributed by atoms with Gasteiger partial charge in [-0.25, -0.2) is 0 Å². The first-order chi connectivity index (χ1) is 5.29. The van der Waals surface area contributed by atoms with E-state index in [9.17, 15) is 9.59 Å². The number of carboxylic acids is 2. The number of rotatable bonds is 0. The van der Waals surface area contributed by atoms with Crippen LogP contribution in [0.5, 0.6) is 0 Å². The number of amides is 2. The average molecular weight is 288 g/mol. The van der Waals surface area contributed by atoms with Crippen LogP contribution in [0, 0.1) is 0 Å². The maximum atomic E-state index is 9.26. The van der Waals surface area contributed by atoms with E-state index in [1.165, 1.54) is 0 Å². The van der Waals surface area contributed by atoms with Crippen molar-refractivity contribution in [3.8, 4) is 0 Å². The van der Waals surface area contributed by atoms with Crippen molar-refractivity contribution in [2.24, 2.45) is 11.5 Å². The summed E-state index contributed by atoms with van der Waals surface area (Å²) < 4.78 is 0. The summed E-state index contributed by atoms with van der Waals surface area (Å²) in [6.07, 6.45) is 0. The molecule has 0 heterocycles. The molecule has 0 radical (unpaired) electrons. The molecular weight excluding hydrogens is 281 g/mol. The molecule has 8 nitrogen and oxygen atoms in total. The molecule has 0 aromatic heterocycles. The SMILES string of the molecule is NC(=O)C(=O)[O-].NC(=O)C(=O)[O-].P.[K+].[K+]. The largest absolute Gasteiger partial charge is 1.00 e. The molecule has 0 bridgehead atoms. The van der Waals surface area contributed by atoms with Crippen molar-refractivity contribution in [2.45, 2.75) is 0 Å². The molecule has 76 valence electrons. The van der Waals surface area contributed by atoms with Crippen LogP contribution < -0.4 is 124 Å². The van der Waals surface area contributed by atoms with Gasteiger partial charge in [0.2, 0.25) is 0 Å². The Hall–Kier alpha value is 1.58. The van der Waals surface area contributed by atoms with Gasteiger partial charge in [-0.05, 0) is 0 Å². The van der Waals surface area contributed by atoms with Gasteiger partial charge < -0.3 is 31.3 Å². The number of carboxylic acid groups (broad SMARTS) is 2. The van der Waals surface area contributed by atoms with Crippen molar-refractivity contribution in [2.75, 3.05) is 0 Å². The van der Waals surface area contributed by atoms with E-state index in [1.807, 2.05) is 0 Å². The van der Waals surface area contributed by atoms with Gasteiger partial charge in [0.1, 0.15) is 11.9 Å². The van der Waals surface area contributed by atoms with E-state index in [4.69, 9.17) is 19.8 Å². The van der Waals surface area contributed by atoms with Gasteiger partial charge >= 0.3 is 103 Å². The van der Waals surface area contributed by atoms with E-state index in [2.05, 4.69) is 11.5 Å². The van der Waals surface area contributed by atoms with Gasteiger partial charge in [-0.15, -0.1) is 0 Å². The molecule has 1 atom stereocenters. The van der Waals surface area contributed by atoms with Gasteiger partial charge in [0.15, 0.2) is 0 Å². The zero-order valence-corrected chi connectivity index (χ0v) is 16.0. The summed E-state index contributed by atoms with van der Waals surface area (Å²) in [4.78, 5) is 36.7. The fourth-order valence-corrected chi connectivity index (χ4v) is 0. The summed E-state index contributed by atoms with van der Waals surface area (Å²) in [5.41, 5.74) is 8.27. The molecule has 2 amide bonds. The van der Waals surface area contributed by atoms with Crippen molar-refractivity contribution in [1.82, 2.24) is 0 Å². The van der Waals surface area contributed by atoms with Crippen molar-refractivity contribution in [3.63, 3.8) is 0 Å². The molecule has 0 saturated heterocycles. The standard InChI is InChI=1S/2C2H3NO3.2K.H3P/c2*3-1(4)2(5)6;;;/h2*(H2,3,4)(H,5,6);;;1H3/q;;2*+1;/p-2. The number of hydrogen-bond donors (Lipinski definition) is 2. The van der Waals surface area contributed by atoms with Crippen molar-refractivity contribution >= 4 is 33.7 Å². The molecule has 0 aromatic carbocycles. The molecule has 0 aliphatic heterocycles. The summed E-state index contributed by atoms with van der Waals surface area (Å²) in [5, 5.41) is 18.2. The van der Waals surface area contributed by atoms with Gasteiger partial charge in [0.25, 0.3) is 11.8 Å². The minimum Gasteiger partial charge on any atom is -0.540 e. The van der Waals surface area contributed by atoms with E-state index in [0.717, 1.165) is 0 Å². The zero-order valence-electron chi connectivity index (χ0n) is 8.31. The number of hydrogen-bond acceptors (Lipinski definition) is 6. The zero-order chi connectivity index (χ0) is 10.3. The normalized spacial score (nSPS) is 5.87. The Labute approximate surface area is 173 Å². The third-order valence-electron chi connectivity index (χ3n) is 0.402. The second kappa shape index (κ2) is 18.0. The number of carbonyl (C=O) groups is 4. The topological polar surface area (TPSA) is 166 Å². The van der Waals surface area contributed by atoms with Gasteiger partial charge in [0, 0.05) is 0 Å². The monoisotopic (exact) mass is 288 g/mol. The van der Waals surface area contributed by atoms with Gasteiger partial charge in [-0.2, -0.15) is 9.90 Å². The van der Waals surface area contributed by atoms with E-state index >= 15 is 0 Å². The van der Waals surface area contributed by atoms with Crippen LogP contribution >= 0.6 is 9.90 Å². The van der Waals surface area contributed by atoms with Crippen LogP contribution in [0.3, 0.4) is 0 Å². The van der Waals surface area contributed by atoms with Gasteiger partial charge in [-0.1, -0.05) is 0 Å². The number of nitrogens with two attached hydrogens (primary N) is 2. The van der Waals surface area contributed by atoms with E-state index in [-0.39, 0.29) is 113 Å². The van der Waals surface area contributed by atoms with Crippen LogP contribution in [0.4, 0.5) is 0 Å². The second-order valence-electron chi connectivity index (χ2n) is 1.30. The molecule has 0 spiro atoms. The van der Waals surface area contributed by atoms with E-state index < -0.39 is 23.8 Å². The first kappa shape index (κ1) is 30.0. The van der Waals surface area contributed by atoms with Crippen molar-refractivity contribution in [3.05, 3.63) is 0 Å². The molecule has 0 saturated carbocycles. The summed E-state index contributed by atoms with van der Waals surface area (Å²) in [6, 6.07) is 0. The molecule has 0 aliphatic rings. The van der Waals surface area contributed by atoms with Crippen LogP contribution in [0.25, 0.3) is 0 Å². The second-order valence-corrected chi connectivity index (χ2v) is 1.30. The Kier molecular flexibility index (Phi) is 35.9. The molecule has 0 fully saturated rings.